The second kappa shape index (κ2) is 5.58. The summed E-state index contributed by atoms with van der Waals surface area (Å²) in [5.41, 5.74) is 0.678. The average Bonchev–Trinajstić information content (AvgIpc) is 2.66. The van der Waals surface area contributed by atoms with E-state index in [0.717, 1.165) is 5.82 Å². The smallest absolute Gasteiger partial charge is 0.146 e. The second-order valence-corrected chi connectivity index (χ2v) is 3.10. The van der Waals surface area contributed by atoms with Gasteiger partial charge in [0.2, 0.25) is 0 Å². The minimum absolute atomic E-state index is 0. The summed E-state index contributed by atoms with van der Waals surface area (Å²) in [6.07, 6.45) is 1.46. The molecule has 1 N–H and O–H groups in total. The van der Waals surface area contributed by atoms with E-state index in [2.05, 4.69) is 15.4 Å². The summed E-state index contributed by atoms with van der Waals surface area (Å²) >= 11 is 0. The van der Waals surface area contributed by atoms with Crippen LogP contribution in [0.25, 0.3) is 5.69 Å². The van der Waals surface area contributed by atoms with E-state index in [4.69, 9.17) is 0 Å². The lowest BCUT2D eigenvalue weighted by Crippen LogP contribution is -2.12. The molecule has 0 bridgehead atoms. The third-order valence-electron chi connectivity index (χ3n) is 2.01. The first-order chi connectivity index (χ1) is 7.31. The maximum absolute atomic E-state index is 13.0. The van der Waals surface area contributed by atoms with Crippen LogP contribution in [0.1, 0.15) is 5.82 Å². The van der Waals surface area contributed by atoms with E-state index < -0.39 is 0 Å². The van der Waals surface area contributed by atoms with Crippen LogP contribution in [0, 0.1) is 5.82 Å². The topological polar surface area (TPSA) is 42.7 Å². The van der Waals surface area contributed by atoms with Gasteiger partial charge in [0.1, 0.15) is 18.0 Å². The molecule has 0 saturated carbocycles. The van der Waals surface area contributed by atoms with Gasteiger partial charge in [0.05, 0.1) is 12.2 Å². The third kappa shape index (κ3) is 2.56. The minimum Gasteiger partial charge on any atom is -0.313 e. The molecule has 1 heterocycles. The van der Waals surface area contributed by atoms with Crippen LogP contribution < -0.4 is 5.32 Å². The van der Waals surface area contributed by atoms with Crippen molar-refractivity contribution in [2.24, 2.45) is 0 Å². The summed E-state index contributed by atoms with van der Waals surface area (Å²) < 4.78 is 14.6. The average molecular weight is 243 g/mol. The van der Waals surface area contributed by atoms with Crippen molar-refractivity contribution < 1.29 is 4.39 Å². The molecular weight excluding hydrogens is 231 g/mol. The van der Waals surface area contributed by atoms with Gasteiger partial charge in [0, 0.05) is 0 Å². The van der Waals surface area contributed by atoms with Crippen molar-refractivity contribution in [3.05, 3.63) is 42.2 Å². The number of aromatic nitrogens is 3. The largest absolute Gasteiger partial charge is 0.313 e. The first-order valence-corrected chi connectivity index (χ1v) is 4.60. The lowest BCUT2D eigenvalue weighted by Gasteiger charge is -2.04. The molecule has 2 aromatic rings. The van der Waals surface area contributed by atoms with Crippen LogP contribution in [-0.2, 0) is 6.54 Å². The highest BCUT2D eigenvalue weighted by Gasteiger charge is 2.05. The van der Waals surface area contributed by atoms with Gasteiger partial charge in [-0.1, -0.05) is 6.07 Å². The Balaban J connectivity index is 0.00000128. The molecule has 0 fully saturated rings. The molecule has 86 valence electrons. The Hall–Kier alpha value is -1.46. The molecular formula is C10H12ClFN4. The van der Waals surface area contributed by atoms with Gasteiger partial charge in [0.25, 0.3) is 0 Å². The maximum atomic E-state index is 13.0. The molecule has 0 unspecified atom stereocenters. The first kappa shape index (κ1) is 12.6. The van der Waals surface area contributed by atoms with Gasteiger partial charge in [-0.25, -0.2) is 14.1 Å². The van der Waals surface area contributed by atoms with Crippen molar-refractivity contribution in [1.82, 2.24) is 20.1 Å². The third-order valence-corrected chi connectivity index (χ3v) is 2.01. The molecule has 0 saturated heterocycles. The fraction of sp³-hybridized carbons (Fsp3) is 0.200. The zero-order valence-corrected chi connectivity index (χ0v) is 9.54. The Kier molecular flexibility index (Phi) is 4.39. The van der Waals surface area contributed by atoms with E-state index in [1.807, 2.05) is 7.05 Å². The van der Waals surface area contributed by atoms with Crippen LogP contribution in [0.3, 0.4) is 0 Å². The number of rotatable bonds is 3. The highest BCUT2D eigenvalue weighted by Crippen LogP contribution is 2.09. The molecule has 2 rings (SSSR count). The zero-order chi connectivity index (χ0) is 10.7. The molecule has 0 spiro atoms. The van der Waals surface area contributed by atoms with Crippen molar-refractivity contribution in [3.63, 3.8) is 0 Å². The zero-order valence-electron chi connectivity index (χ0n) is 8.72. The predicted octanol–water partition coefficient (Wildman–Crippen LogP) is 1.55. The normalized spacial score (nSPS) is 9.88. The molecule has 4 nitrogen and oxygen atoms in total. The molecule has 0 amide bonds. The predicted molar refractivity (Wildman–Crippen MR) is 61.3 cm³/mol. The number of halogens is 2. The fourth-order valence-electron chi connectivity index (χ4n) is 1.37. The summed E-state index contributed by atoms with van der Waals surface area (Å²) in [5, 5.41) is 7.02. The molecule has 0 aliphatic carbocycles. The Labute approximate surface area is 98.9 Å². The van der Waals surface area contributed by atoms with Crippen LogP contribution in [0.5, 0.6) is 0 Å². The van der Waals surface area contributed by atoms with Gasteiger partial charge in [-0.3, -0.25) is 0 Å². The van der Waals surface area contributed by atoms with Gasteiger partial charge >= 0.3 is 0 Å². The lowest BCUT2D eigenvalue weighted by atomic mass is 10.3. The van der Waals surface area contributed by atoms with Crippen molar-refractivity contribution in [2.75, 3.05) is 7.05 Å². The number of hydrogen-bond acceptors (Lipinski definition) is 3. The second-order valence-electron chi connectivity index (χ2n) is 3.10. The number of hydrogen-bond donors (Lipinski definition) is 1. The van der Waals surface area contributed by atoms with Gasteiger partial charge in [-0.2, -0.15) is 5.10 Å². The molecule has 1 aromatic carbocycles. The molecule has 1 aromatic heterocycles. The molecule has 0 aliphatic rings. The molecule has 0 radical (unpaired) electrons. The minimum atomic E-state index is -0.279. The SMILES string of the molecule is CNCc1ncnn1-c1cccc(F)c1.Cl. The van der Waals surface area contributed by atoms with Crippen molar-refractivity contribution >= 4 is 12.4 Å². The standard InChI is InChI=1S/C10H11FN4.ClH/c1-12-6-10-13-7-14-15(10)9-4-2-3-8(11)5-9;/h2-5,7,12H,6H2,1H3;1H. The lowest BCUT2D eigenvalue weighted by molar-refractivity contribution is 0.623. The van der Waals surface area contributed by atoms with Crippen molar-refractivity contribution in [2.45, 2.75) is 6.54 Å². The summed E-state index contributed by atoms with van der Waals surface area (Å²) in [6.45, 7) is 0.594. The Morgan fingerprint density at radius 3 is 2.94 bits per heavy atom. The van der Waals surface area contributed by atoms with E-state index in [0.29, 0.717) is 12.2 Å². The molecule has 16 heavy (non-hydrogen) atoms. The number of benzene rings is 1. The highest BCUT2D eigenvalue weighted by molar-refractivity contribution is 5.85. The summed E-state index contributed by atoms with van der Waals surface area (Å²) in [5.74, 6) is 0.474. The van der Waals surface area contributed by atoms with Crippen molar-refractivity contribution in [1.29, 1.82) is 0 Å². The van der Waals surface area contributed by atoms with Crippen LogP contribution in [0.15, 0.2) is 30.6 Å². The van der Waals surface area contributed by atoms with E-state index >= 15 is 0 Å². The van der Waals surface area contributed by atoms with Crippen LogP contribution in [0.2, 0.25) is 0 Å². The molecule has 0 atom stereocenters. The van der Waals surface area contributed by atoms with Gasteiger partial charge in [-0.05, 0) is 25.2 Å². The molecule has 6 heteroatoms. The van der Waals surface area contributed by atoms with E-state index in [1.165, 1.54) is 18.5 Å². The monoisotopic (exact) mass is 242 g/mol. The maximum Gasteiger partial charge on any atom is 0.146 e. The molecule has 0 aliphatic heterocycles. The van der Waals surface area contributed by atoms with Gasteiger partial charge in [-0.15, -0.1) is 12.4 Å². The van der Waals surface area contributed by atoms with Crippen LogP contribution in [-0.4, -0.2) is 21.8 Å². The van der Waals surface area contributed by atoms with Crippen LogP contribution >= 0.6 is 12.4 Å². The Morgan fingerprint density at radius 1 is 1.44 bits per heavy atom. The van der Waals surface area contributed by atoms with E-state index in [-0.39, 0.29) is 18.2 Å². The Bertz CT molecular complexity index is 458. The highest BCUT2D eigenvalue weighted by atomic mass is 35.5. The summed E-state index contributed by atoms with van der Waals surface area (Å²) in [4.78, 5) is 4.08. The van der Waals surface area contributed by atoms with Gasteiger partial charge < -0.3 is 5.32 Å². The first-order valence-electron chi connectivity index (χ1n) is 4.60. The van der Waals surface area contributed by atoms with Crippen molar-refractivity contribution in [3.8, 4) is 5.69 Å². The van der Waals surface area contributed by atoms with E-state index in [9.17, 15) is 4.39 Å². The number of nitrogens with zero attached hydrogens (tertiary/aromatic N) is 3. The summed E-state index contributed by atoms with van der Waals surface area (Å²) in [7, 11) is 1.82. The van der Waals surface area contributed by atoms with Crippen LogP contribution in [0.4, 0.5) is 4.39 Å². The van der Waals surface area contributed by atoms with Gasteiger partial charge in [0.15, 0.2) is 0 Å². The Morgan fingerprint density at radius 2 is 2.25 bits per heavy atom. The number of nitrogens with one attached hydrogen (secondary N) is 1. The fourth-order valence-corrected chi connectivity index (χ4v) is 1.37. The quantitative estimate of drug-likeness (QED) is 0.888. The summed E-state index contributed by atoms with van der Waals surface area (Å²) in [6, 6.07) is 6.26. The van der Waals surface area contributed by atoms with E-state index in [1.54, 1.807) is 16.8 Å².